The van der Waals surface area contributed by atoms with E-state index in [0.717, 1.165) is 44.0 Å². The van der Waals surface area contributed by atoms with E-state index in [2.05, 4.69) is 10.00 Å². The molecule has 1 aromatic carbocycles. The normalized spacial score (nSPS) is 15.5. The average molecular weight is 416 g/mol. The molecule has 1 fully saturated rings. The molecule has 2 aromatic rings. The molecule has 0 atom stereocenters. The highest BCUT2D eigenvalue weighted by Crippen LogP contribution is 2.23. The molecule has 0 bridgehead atoms. The van der Waals surface area contributed by atoms with Crippen LogP contribution in [0.1, 0.15) is 17.7 Å². The quantitative estimate of drug-likeness (QED) is 0.744. The Hall–Kier alpha value is -1.27. The summed E-state index contributed by atoms with van der Waals surface area (Å²) < 4.78 is 1.78. The summed E-state index contributed by atoms with van der Waals surface area (Å²) in [4.78, 5) is 16.7. The average Bonchev–Trinajstić information content (AvgIpc) is 2.94. The summed E-state index contributed by atoms with van der Waals surface area (Å²) in [5.74, 6) is 0.153. The highest BCUT2D eigenvalue weighted by molar-refractivity contribution is 6.35. The molecule has 0 spiro atoms. The number of piperazine rings is 1. The van der Waals surface area contributed by atoms with Gasteiger partial charge in [0.25, 0.3) is 0 Å². The van der Waals surface area contributed by atoms with Crippen molar-refractivity contribution < 1.29 is 4.79 Å². The lowest BCUT2D eigenvalue weighted by molar-refractivity contribution is -0.133. The first kappa shape index (κ1) is 19.5. The first-order valence-electron chi connectivity index (χ1n) is 8.56. The van der Waals surface area contributed by atoms with E-state index in [4.69, 9.17) is 34.8 Å². The van der Waals surface area contributed by atoms with Gasteiger partial charge in [-0.05, 0) is 24.6 Å². The van der Waals surface area contributed by atoms with Gasteiger partial charge in [-0.25, -0.2) is 0 Å². The van der Waals surface area contributed by atoms with Crippen molar-refractivity contribution in [3.63, 3.8) is 0 Å². The fourth-order valence-electron chi connectivity index (χ4n) is 3.05. The van der Waals surface area contributed by atoms with Gasteiger partial charge in [-0.2, -0.15) is 5.10 Å². The van der Waals surface area contributed by atoms with E-state index in [1.54, 1.807) is 16.9 Å². The third-order valence-corrected chi connectivity index (χ3v) is 5.67. The summed E-state index contributed by atoms with van der Waals surface area (Å²) >= 11 is 18.2. The Morgan fingerprint density at radius 2 is 1.85 bits per heavy atom. The van der Waals surface area contributed by atoms with E-state index < -0.39 is 0 Å². The number of hydrogen-bond donors (Lipinski definition) is 0. The second kappa shape index (κ2) is 8.61. The molecule has 1 aliphatic heterocycles. The molecule has 0 aliphatic carbocycles. The molecule has 1 amide bonds. The van der Waals surface area contributed by atoms with Crippen molar-refractivity contribution >= 4 is 40.7 Å². The van der Waals surface area contributed by atoms with E-state index in [-0.39, 0.29) is 5.91 Å². The van der Waals surface area contributed by atoms with Crippen LogP contribution >= 0.6 is 34.8 Å². The van der Waals surface area contributed by atoms with Gasteiger partial charge in [-0.1, -0.05) is 40.9 Å². The second-order valence-corrected chi connectivity index (χ2v) is 7.69. The molecule has 26 heavy (non-hydrogen) atoms. The summed E-state index contributed by atoms with van der Waals surface area (Å²) in [6.45, 7) is 6.34. The third-order valence-electron chi connectivity index (χ3n) is 4.71. The van der Waals surface area contributed by atoms with Gasteiger partial charge in [0.05, 0.1) is 23.5 Å². The van der Waals surface area contributed by atoms with E-state index in [0.29, 0.717) is 28.0 Å². The summed E-state index contributed by atoms with van der Waals surface area (Å²) in [6, 6.07) is 5.58. The smallest absolute Gasteiger partial charge is 0.224 e. The minimum atomic E-state index is 0.153. The number of carbonyl (C=O) groups excluding carboxylic acids is 1. The maximum Gasteiger partial charge on any atom is 0.224 e. The fraction of sp³-hybridized carbons (Fsp3) is 0.444. The minimum Gasteiger partial charge on any atom is -0.340 e. The summed E-state index contributed by atoms with van der Waals surface area (Å²) in [5, 5.41) is 6.15. The van der Waals surface area contributed by atoms with Gasteiger partial charge in [0, 0.05) is 49.2 Å². The fourth-order valence-corrected chi connectivity index (χ4v) is 3.66. The molecule has 8 heteroatoms. The predicted octanol–water partition coefficient (Wildman–Crippen LogP) is 3.89. The zero-order valence-corrected chi connectivity index (χ0v) is 16.9. The van der Waals surface area contributed by atoms with Crippen LogP contribution in [0, 0.1) is 6.92 Å². The molecule has 5 nitrogen and oxygen atoms in total. The van der Waals surface area contributed by atoms with E-state index in [1.165, 1.54) is 0 Å². The first-order valence-corrected chi connectivity index (χ1v) is 9.69. The zero-order valence-electron chi connectivity index (χ0n) is 14.6. The van der Waals surface area contributed by atoms with Crippen LogP contribution < -0.4 is 0 Å². The van der Waals surface area contributed by atoms with Gasteiger partial charge in [-0.3, -0.25) is 14.4 Å². The number of benzene rings is 1. The summed E-state index contributed by atoms with van der Waals surface area (Å²) in [6.07, 6.45) is 2.05. The van der Waals surface area contributed by atoms with E-state index in [9.17, 15) is 4.79 Å². The molecule has 0 saturated carbocycles. The molecule has 0 N–H and O–H groups in total. The van der Waals surface area contributed by atoms with Crippen LogP contribution in [0.15, 0.2) is 24.4 Å². The van der Waals surface area contributed by atoms with Crippen LogP contribution in [0.5, 0.6) is 0 Å². The second-order valence-electron chi connectivity index (χ2n) is 6.44. The summed E-state index contributed by atoms with van der Waals surface area (Å²) in [7, 11) is 0. The van der Waals surface area contributed by atoms with Gasteiger partial charge in [0.1, 0.15) is 0 Å². The topological polar surface area (TPSA) is 41.4 Å². The molecule has 1 aromatic heterocycles. The van der Waals surface area contributed by atoms with Gasteiger partial charge in [0.2, 0.25) is 5.91 Å². The monoisotopic (exact) mass is 414 g/mol. The predicted molar refractivity (Wildman–Crippen MR) is 105 cm³/mol. The van der Waals surface area contributed by atoms with Crippen molar-refractivity contribution in [2.45, 2.75) is 26.4 Å². The van der Waals surface area contributed by atoms with Gasteiger partial charge >= 0.3 is 0 Å². The third kappa shape index (κ3) is 4.71. The van der Waals surface area contributed by atoms with Crippen molar-refractivity contribution in [3.05, 3.63) is 50.7 Å². The molecule has 2 heterocycles. The lowest BCUT2D eigenvalue weighted by Crippen LogP contribution is -2.48. The largest absolute Gasteiger partial charge is 0.340 e. The van der Waals surface area contributed by atoms with Crippen molar-refractivity contribution in [1.82, 2.24) is 19.6 Å². The van der Waals surface area contributed by atoms with Crippen molar-refractivity contribution in [2.24, 2.45) is 0 Å². The Bertz CT molecular complexity index is 785. The number of aryl methyl sites for hydroxylation is 1. The minimum absolute atomic E-state index is 0.153. The number of aromatic nitrogens is 2. The Labute approximate surface area is 168 Å². The SMILES string of the molecule is Cc1c(Cl)cnn1CCC(=O)N1CCN(Cc2ccc(Cl)cc2Cl)CC1. The number of halogens is 3. The van der Waals surface area contributed by atoms with Gasteiger partial charge < -0.3 is 4.90 Å². The van der Waals surface area contributed by atoms with Crippen molar-refractivity contribution in [2.75, 3.05) is 26.2 Å². The zero-order chi connectivity index (χ0) is 18.7. The Morgan fingerprint density at radius 3 is 2.46 bits per heavy atom. The summed E-state index contributed by atoms with van der Waals surface area (Å²) in [5.41, 5.74) is 1.95. The first-order chi connectivity index (χ1) is 12.4. The van der Waals surface area contributed by atoms with Crippen LogP contribution in [0.4, 0.5) is 0 Å². The molecule has 140 valence electrons. The number of amides is 1. The highest BCUT2D eigenvalue weighted by Gasteiger charge is 2.21. The van der Waals surface area contributed by atoms with Gasteiger partial charge in [-0.15, -0.1) is 0 Å². The lowest BCUT2D eigenvalue weighted by Gasteiger charge is -2.35. The highest BCUT2D eigenvalue weighted by atomic mass is 35.5. The molecule has 1 aliphatic rings. The molecular formula is C18H21Cl3N4O. The van der Waals surface area contributed by atoms with E-state index in [1.807, 2.05) is 24.0 Å². The lowest BCUT2D eigenvalue weighted by atomic mass is 10.2. The molecule has 0 radical (unpaired) electrons. The van der Waals surface area contributed by atoms with Crippen molar-refractivity contribution in [3.8, 4) is 0 Å². The van der Waals surface area contributed by atoms with Gasteiger partial charge in [0.15, 0.2) is 0 Å². The maximum absolute atomic E-state index is 12.4. The Morgan fingerprint density at radius 1 is 1.12 bits per heavy atom. The number of hydrogen-bond acceptors (Lipinski definition) is 3. The van der Waals surface area contributed by atoms with Crippen LogP contribution in [0.2, 0.25) is 15.1 Å². The molecule has 3 rings (SSSR count). The maximum atomic E-state index is 12.4. The van der Waals surface area contributed by atoms with E-state index >= 15 is 0 Å². The standard InChI is InChI=1S/C18H21Cl3N4O/c1-13-17(21)11-22-25(13)5-4-18(26)24-8-6-23(7-9-24)12-14-2-3-15(19)10-16(14)20/h2-3,10-11H,4-9,12H2,1H3. The van der Waals surface area contributed by atoms with Crippen LogP contribution in [-0.2, 0) is 17.9 Å². The number of rotatable bonds is 5. The molecule has 0 unspecified atom stereocenters. The Kier molecular flexibility index (Phi) is 6.46. The van der Waals surface area contributed by atoms with Crippen LogP contribution in [-0.4, -0.2) is 51.7 Å². The van der Waals surface area contributed by atoms with Crippen molar-refractivity contribution in [1.29, 1.82) is 0 Å². The molecular weight excluding hydrogens is 395 g/mol. The molecule has 1 saturated heterocycles. The number of carbonyl (C=O) groups is 1. The number of nitrogens with zero attached hydrogens (tertiary/aromatic N) is 4. The Balaban J connectivity index is 1.47. The van der Waals surface area contributed by atoms with Crippen LogP contribution in [0.3, 0.4) is 0 Å². The van der Waals surface area contributed by atoms with Crippen LogP contribution in [0.25, 0.3) is 0 Å².